The maximum atomic E-state index is 13.3. The first-order valence-corrected chi connectivity index (χ1v) is 12.0. The van der Waals surface area contributed by atoms with E-state index in [1.807, 2.05) is 54.5 Å². The van der Waals surface area contributed by atoms with Gasteiger partial charge in [-0.1, -0.05) is 52.8 Å². The molecular formula is C29H34N4O4. The number of methoxy groups -OCH3 is 1. The number of amides is 2. The molecule has 2 amide bonds. The van der Waals surface area contributed by atoms with Gasteiger partial charge in [-0.3, -0.25) is 9.59 Å². The van der Waals surface area contributed by atoms with Crippen LogP contribution in [0.2, 0.25) is 0 Å². The Bertz CT molecular complexity index is 1370. The summed E-state index contributed by atoms with van der Waals surface area (Å²) >= 11 is 0. The Labute approximate surface area is 218 Å². The number of benzene rings is 2. The average molecular weight is 503 g/mol. The van der Waals surface area contributed by atoms with E-state index in [1.54, 1.807) is 30.3 Å². The molecule has 8 nitrogen and oxygen atoms in total. The van der Waals surface area contributed by atoms with Crippen molar-refractivity contribution in [3.05, 3.63) is 64.4 Å². The molecule has 0 radical (unpaired) electrons. The van der Waals surface area contributed by atoms with Gasteiger partial charge in [0.1, 0.15) is 17.5 Å². The number of nitriles is 1. The van der Waals surface area contributed by atoms with Crippen LogP contribution >= 0.6 is 0 Å². The highest BCUT2D eigenvalue weighted by atomic mass is 16.5. The van der Waals surface area contributed by atoms with Crippen molar-refractivity contribution < 1.29 is 18.8 Å². The van der Waals surface area contributed by atoms with Crippen LogP contribution in [-0.2, 0) is 5.41 Å². The van der Waals surface area contributed by atoms with Crippen LogP contribution in [0.25, 0.3) is 11.3 Å². The number of aromatic nitrogens is 1. The fourth-order valence-corrected chi connectivity index (χ4v) is 3.65. The van der Waals surface area contributed by atoms with Gasteiger partial charge in [-0.05, 0) is 53.1 Å². The molecule has 3 rings (SSSR count). The van der Waals surface area contributed by atoms with Crippen molar-refractivity contribution in [3.8, 4) is 23.1 Å². The van der Waals surface area contributed by atoms with E-state index >= 15 is 0 Å². The summed E-state index contributed by atoms with van der Waals surface area (Å²) in [6.45, 7) is 14.5. The Morgan fingerprint density at radius 3 is 2.35 bits per heavy atom. The summed E-state index contributed by atoms with van der Waals surface area (Å²) in [5, 5.41) is 19.5. The van der Waals surface area contributed by atoms with Gasteiger partial charge in [0.15, 0.2) is 0 Å². The number of aryl methyl sites for hydroxylation is 1. The summed E-state index contributed by atoms with van der Waals surface area (Å²) in [6, 6.07) is 12.6. The van der Waals surface area contributed by atoms with E-state index in [1.165, 1.54) is 7.11 Å². The normalized spacial score (nSPS) is 11.5. The minimum Gasteiger partial charge on any atom is -0.495 e. The second kappa shape index (κ2) is 10.5. The molecule has 0 saturated heterocycles. The predicted molar refractivity (Wildman–Crippen MR) is 143 cm³/mol. The summed E-state index contributed by atoms with van der Waals surface area (Å²) < 4.78 is 10.7. The third kappa shape index (κ3) is 6.56. The predicted octanol–water partition coefficient (Wildman–Crippen LogP) is 5.86. The van der Waals surface area contributed by atoms with Crippen molar-refractivity contribution in [2.45, 2.75) is 53.9 Å². The fraction of sp³-hybridized carbons (Fsp3) is 0.379. The van der Waals surface area contributed by atoms with Crippen LogP contribution in [0.15, 0.2) is 40.9 Å². The Kier molecular flexibility index (Phi) is 7.77. The van der Waals surface area contributed by atoms with Crippen LogP contribution in [0.1, 0.15) is 79.1 Å². The van der Waals surface area contributed by atoms with E-state index in [0.29, 0.717) is 29.1 Å². The van der Waals surface area contributed by atoms with Crippen molar-refractivity contribution in [1.82, 2.24) is 10.5 Å². The number of rotatable bonds is 6. The van der Waals surface area contributed by atoms with Crippen LogP contribution in [0, 0.1) is 23.7 Å². The maximum absolute atomic E-state index is 13.3. The second-order valence-corrected chi connectivity index (χ2v) is 11.3. The molecule has 0 spiro atoms. The van der Waals surface area contributed by atoms with Crippen LogP contribution < -0.4 is 15.4 Å². The van der Waals surface area contributed by atoms with Gasteiger partial charge in [0, 0.05) is 23.9 Å². The SMILES string of the molecule is COc1c(C#N)cc(C(C)(C)C)cc1C(=O)Nc1ccc(C)c(-c2cc(C(=O)NCC(C)(C)C)on2)c1. The van der Waals surface area contributed by atoms with Gasteiger partial charge in [0.25, 0.3) is 11.8 Å². The molecule has 0 bridgehead atoms. The van der Waals surface area contributed by atoms with Crippen LogP contribution in [0.3, 0.4) is 0 Å². The molecule has 1 heterocycles. The summed E-state index contributed by atoms with van der Waals surface area (Å²) in [7, 11) is 1.44. The van der Waals surface area contributed by atoms with Crippen LogP contribution in [0.5, 0.6) is 5.75 Å². The third-order valence-electron chi connectivity index (χ3n) is 5.81. The Balaban J connectivity index is 1.90. The Morgan fingerprint density at radius 2 is 1.76 bits per heavy atom. The van der Waals surface area contributed by atoms with Gasteiger partial charge in [-0.15, -0.1) is 0 Å². The first-order chi connectivity index (χ1) is 17.2. The number of anilines is 1. The van der Waals surface area contributed by atoms with Crippen molar-refractivity contribution in [3.63, 3.8) is 0 Å². The highest BCUT2D eigenvalue weighted by Gasteiger charge is 2.24. The molecule has 0 atom stereocenters. The number of nitrogens with one attached hydrogen (secondary N) is 2. The van der Waals surface area contributed by atoms with Gasteiger partial charge in [0.2, 0.25) is 5.76 Å². The van der Waals surface area contributed by atoms with E-state index in [-0.39, 0.29) is 33.8 Å². The monoisotopic (exact) mass is 502 g/mol. The molecule has 194 valence electrons. The molecule has 0 unspecified atom stereocenters. The smallest absolute Gasteiger partial charge is 0.289 e. The molecule has 3 aromatic rings. The lowest BCUT2D eigenvalue weighted by Gasteiger charge is -2.22. The van der Waals surface area contributed by atoms with Crippen LogP contribution in [-0.4, -0.2) is 30.6 Å². The second-order valence-electron chi connectivity index (χ2n) is 11.3. The molecule has 0 fully saturated rings. The van der Waals surface area contributed by atoms with Gasteiger partial charge < -0.3 is 19.9 Å². The number of nitrogens with zero attached hydrogens (tertiary/aromatic N) is 2. The summed E-state index contributed by atoms with van der Waals surface area (Å²) in [6.07, 6.45) is 0. The summed E-state index contributed by atoms with van der Waals surface area (Å²) in [5.74, 6) is -0.407. The topological polar surface area (TPSA) is 117 Å². The van der Waals surface area contributed by atoms with Gasteiger partial charge in [-0.2, -0.15) is 5.26 Å². The molecular weight excluding hydrogens is 468 g/mol. The lowest BCUT2D eigenvalue weighted by Crippen LogP contribution is -2.31. The van der Waals surface area contributed by atoms with Gasteiger partial charge >= 0.3 is 0 Å². The molecule has 1 aromatic heterocycles. The lowest BCUT2D eigenvalue weighted by atomic mass is 9.84. The minimum atomic E-state index is -0.406. The highest BCUT2D eigenvalue weighted by Crippen LogP contribution is 2.33. The Morgan fingerprint density at radius 1 is 1.05 bits per heavy atom. The maximum Gasteiger partial charge on any atom is 0.289 e. The molecule has 2 N–H and O–H groups in total. The number of carbonyl (C=O) groups excluding carboxylic acids is 2. The number of hydrogen-bond acceptors (Lipinski definition) is 6. The van der Waals surface area contributed by atoms with Crippen molar-refractivity contribution in [2.75, 3.05) is 19.0 Å². The van der Waals surface area contributed by atoms with Gasteiger partial charge in [-0.25, -0.2) is 0 Å². The third-order valence-corrected chi connectivity index (χ3v) is 5.81. The minimum absolute atomic E-state index is 0.0648. The molecule has 0 saturated carbocycles. The summed E-state index contributed by atoms with van der Waals surface area (Å²) in [5.41, 5.74) is 3.69. The molecule has 0 aliphatic rings. The molecule has 0 aliphatic carbocycles. The quantitative estimate of drug-likeness (QED) is 0.436. The molecule has 8 heteroatoms. The summed E-state index contributed by atoms with van der Waals surface area (Å²) in [4.78, 5) is 25.8. The van der Waals surface area contributed by atoms with Crippen LogP contribution in [0.4, 0.5) is 5.69 Å². The van der Waals surface area contributed by atoms with E-state index in [4.69, 9.17) is 9.26 Å². The van der Waals surface area contributed by atoms with E-state index in [0.717, 1.165) is 11.1 Å². The zero-order valence-corrected chi connectivity index (χ0v) is 22.7. The largest absolute Gasteiger partial charge is 0.495 e. The van der Waals surface area contributed by atoms with E-state index in [2.05, 4.69) is 21.9 Å². The molecule has 37 heavy (non-hydrogen) atoms. The molecule has 0 aliphatic heterocycles. The average Bonchev–Trinajstić information content (AvgIpc) is 3.31. The number of ether oxygens (including phenoxy) is 1. The zero-order valence-electron chi connectivity index (χ0n) is 22.7. The Hall–Kier alpha value is -4.12. The van der Waals surface area contributed by atoms with E-state index < -0.39 is 5.91 Å². The van der Waals surface area contributed by atoms with E-state index in [9.17, 15) is 14.9 Å². The first kappa shape index (κ1) is 27.5. The standard InChI is InChI=1S/C29H34N4O4/c1-17-9-10-20(13-21(17)23-14-24(37-33-23)27(35)31-16-28(2,3)4)32-26(34)22-12-19(29(5,6)7)11-18(15-30)25(22)36-8/h9-14H,16H2,1-8H3,(H,31,35)(H,32,34). The zero-order chi connectivity index (χ0) is 27.5. The molecule has 2 aromatic carbocycles. The van der Waals surface area contributed by atoms with Gasteiger partial charge in [0.05, 0.1) is 18.2 Å². The van der Waals surface area contributed by atoms with Crippen molar-refractivity contribution >= 4 is 17.5 Å². The fourth-order valence-electron chi connectivity index (χ4n) is 3.65. The highest BCUT2D eigenvalue weighted by molar-refractivity contribution is 6.07. The van der Waals surface area contributed by atoms with Crippen molar-refractivity contribution in [1.29, 1.82) is 5.26 Å². The number of hydrogen-bond donors (Lipinski definition) is 2. The van der Waals surface area contributed by atoms with Crippen molar-refractivity contribution in [2.24, 2.45) is 5.41 Å². The number of carbonyl (C=O) groups is 2. The lowest BCUT2D eigenvalue weighted by molar-refractivity contribution is 0.0902. The first-order valence-electron chi connectivity index (χ1n) is 12.0.